The van der Waals surface area contributed by atoms with Gasteiger partial charge in [0.25, 0.3) is 0 Å². The molecular weight excluding hydrogens is 252 g/mol. The summed E-state index contributed by atoms with van der Waals surface area (Å²) in [5.74, 6) is 0.400. The molecular formula is C12H14ClN4O+. The minimum Gasteiger partial charge on any atom is -0.235 e. The van der Waals surface area contributed by atoms with Crippen LogP contribution in [0.25, 0.3) is 0 Å². The minimum atomic E-state index is -0.0703. The van der Waals surface area contributed by atoms with E-state index in [1.54, 1.807) is 17.0 Å². The van der Waals surface area contributed by atoms with Gasteiger partial charge >= 0.3 is 6.03 Å². The highest BCUT2D eigenvalue weighted by Gasteiger charge is 2.44. The number of aromatic nitrogens is 2. The van der Waals surface area contributed by atoms with Crippen LogP contribution in [0.2, 0.25) is 5.28 Å². The predicted molar refractivity (Wildman–Crippen MR) is 67.0 cm³/mol. The number of carbonyl (C=O) groups is 1. The standard InChI is InChI=1S/C12H13ClN4O/c1-6(2)8-3-9-10-7(4-14-11(13)16-10)5-17(9)12(18)15-8/h4-6,8-9H,3H2,1-2H3/p+1/t8-,9?/m0/s1. The van der Waals surface area contributed by atoms with Crippen LogP contribution in [0.4, 0.5) is 4.79 Å². The van der Waals surface area contributed by atoms with Crippen molar-refractivity contribution in [2.75, 3.05) is 0 Å². The molecule has 0 aromatic carbocycles. The zero-order valence-electron chi connectivity index (χ0n) is 10.2. The van der Waals surface area contributed by atoms with E-state index in [1.807, 2.05) is 0 Å². The van der Waals surface area contributed by atoms with Crippen LogP contribution in [0.1, 0.15) is 37.6 Å². The summed E-state index contributed by atoms with van der Waals surface area (Å²) in [5, 5.41) is 3.24. The number of hydrogen-bond donors (Lipinski definition) is 1. The quantitative estimate of drug-likeness (QED) is 0.622. The molecule has 1 unspecified atom stereocenters. The van der Waals surface area contributed by atoms with Crippen LogP contribution in [-0.2, 0) is 0 Å². The van der Waals surface area contributed by atoms with E-state index in [4.69, 9.17) is 11.6 Å². The zero-order valence-corrected chi connectivity index (χ0v) is 11.0. The number of urea groups is 1. The molecule has 18 heavy (non-hydrogen) atoms. The monoisotopic (exact) mass is 265 g/mol. The van der Waals surface area contributed by atoms with Gasteiger partial charge < -0.3 is 0 Å². The lowest BCUT2D eigenvalue weighted by Gasteiger charge is -2.26. The van der Waals surface area contributed by atoms with Crippen LogP contribution in [0, 0.1) is 5.92 Å². The van der Waals surface area contributed by atoms with Gasteiger partial charge in [-0.15, -0.1) is 0 Å². The second kappa shape index (κ2) is 4.02. The summed E-state index contributed by atoms with van der Waals surface area (Å²) in [7, 11) is 0. The largest absolute Gasteiger partial charge is 0.491 e. The van der Waals surface area contributed by atoms with Crippen LogP contribution < -0.4 is 5.32 Å². The zero-order chi connectivity index (χ0) is 12.9. The molecule has 3 heterocycles. The maximum atomic E-state index is 12.0. The van der Waals surface area contributed by atoms with Gasteiger partial charge in [-0.3, -0.25) is 0 Å². The molecule has 0 saturated carbocycles. The highest BCUT2D eigenvalue weighted by atomic mass is 35.5. The Hall–Kier alpha value is -1.49. The Labute approximate surface area is 110 Å². The highest BCUT2D eigenvalue weighted by Crippen LogP contribution is 2.32. The smallest absolute Gasteiger partial charge is 0.235 e. The first-order valence-electron chi connectivity index (χ1n) is 6.02. The molecule has 3 rings (SSSR count). The maximum Gasteiger partial charge on any atom is 0.491 e. The lowest BCUT2D eigenvalue weighted by atomic mass is 9.93. The molecule has 94 valence electrons. The molecule has 0 radical (unpaired) electrons. The molecule has 2 aliphatic heterocycles. The Balaban J connectivity index is 2.01. The summed E-state index contributed by atoms with van der Waals surface area (Å²) in [6, 6.07) is 0.0903. The first-order chi connectivity index (χ1) is 8.56. The van der Waals surface area contributed by atoms with Crippen LogP contribution in [0.5, 0.6) is 0 Å². The van der Waals surface area contributed by atoms with Crippen molar-refractivity contribution < 1.29 is 9.37 Å². The minimum absolute atomic E-state index is 0.0124. The van der Waals surface area contributed by atoms with E-state index >= 15 is 0 Å². The van der Waals surface area contributed by atoms with Crippen LogP contribution in [-0.4, -0.2) is 32.8 Å². The number of amides is 2. The number of hydrogen-bond acceptors (Lipinski definition) is 3. The molecule has 2 aliphatic rings. The van der Waals surface area contributed by atoms with Gasteiger partial charge in [-0.25, -0.2) is 15.3 Å². The summed E-state index contributed by atoms with van der Waals surface area (Å²) in [6.07, 6.45) is 4.31. The predicted octanol–water partition coefficient (Wildman–Crippen LogP) is 1.75. The Kier molecular flexibility index (Phi) is 2.59. The molecule has 0 spiro atoms. The lowest BCUT2D eigenvalue weighted by molar-refractivity contribution is -0.481. The average Bonchev–Trinajstić information content (AvgIpc) is 2.68. The molecule has 1 fully saturated rings. The summed E-state index contributed by atoms with van der Waals surface area (Å²) < 4.78 is 1.69. The van der Waals surface area contributed by atoms with Gasteiger partial charge in [0.1, 0.15) is 18.0 Å². The number of carbonyl (C=O) groups excluding carboxylic acids is 1. The van der Waals surface area contributed by atoms with Crippen molar-refractivity contribution in [2.45, 2.75) is 32.4 Å². The fourth-order valence-electron chi connectivity index (χ4n) is 2.52. The van der Waals surface area contributed by atoms with Gasteiger partial charge in [0, 0.05) is 12.6 Å². The van der Waals surface area contributed by atoms with Gasteiger partial charge in [0.05, 0.1) is 5.56 Å². The fourth-order valence-corrected chi connectivity index (χ4v) is 2.66. The summed E-state index contributed by atoms with van der Waals surface area (Å²) in [6.45, 7) is 4.21. The van der Waals surface area contributed by atoms with Crippen LogP contribution in [0.3, 0.4) is 0 Å². The molecule has 5 nitrogen and oxygen atoms in total. The topological polar surface area (TPSA) is 57.9 Å². The maximum absolute atomic E-state index is 12.0. The van der Waals surface area contributed by atoms with Gasteiger partial charge in [-0.05, 0) is 17.5 Å². The van der Waals surface area contributed by atoms with E-state index in [0.717, 1.165) is 17.7 Å². The van der Waals surface area contributed by atoms with Crippen molar-refractivity contribution in [1.82, 2.24) is 15.3 Å². The molecule has 1 aromatic heterocycles. The van der Waals surface area contributed by atoms with Crippen molar-refractivity contribution in [3.63, 3.8) is 0 Å². The Morgan fingerprint density at radius 3 is 3.06 bits per heavy atom. The summed E-state index contributed by atoms with van der Waals surface area (Å²) >= 11 is 5.83. The lowest BCUT2D eigenvalue weighted by Crippen LogP contribution is -2.50. The van der Waals surface area contributed by atoms with E-state index in [9.17, 15) is 4.79 Å². The first-order valence-corrected chi connectivity index (χ1v) is 6.40. The van der Waals surface area contributed by atoms with Crippen molar-refractivity contribution in [2.24, 2.45) is 5.92 Å². The van der Waals surface area contributed by atoms with Crippen LogP contribution in [0.15, 0.2) is 6.20 Å². The number of fused-ring (bicyclic) bond motifs is 3. The molecule has 6 heteroatoms. The molecule has 0 bridgehead atoms. The highest BCUT2D eigenvalue weighted by molar-refractivity contribution is 6.28. The van der Waals surface area contributed by atoms with Crippen molar-refractivity contribution in [1.29, 1.82) is 0 Å². The molecule has 2 atom stereocenters. The van der Waals surface area contributed by atoms with Gasteiger partial charge in [-0.2, -0.15) is 9.37 Å². The molecule has 1 saturated heterocycles. The molecule has 0 aliphatic carbocycles. The Bertz CT molecular complexity index is 555. The van der Waals surface area contributed by atoms with E-state index in [-0.39, 0.29) is 23.4 Å². The van der Waals surface area contributed by atoms with Crippen molar-refractivity contribution in [3.05, 3.63) is 22.7 Å². The molecule has 2 amide bonds. The van der Waals surface area contributed by atoms with Gasteiger partial charge in [0.2, 0.25) is 5.28 Å². The Morgan fingerprint density at radius 2 is 2.33 bits per heavy atom. The van der Waals surface area contributed by atoms with Gasteiger partial charge in [-0.1, -0.05) is 13.8 Å². The number of halogens is 1. The molecule has 1 N–H and O–H groups in total. The van der Waals surface area contributed by atoms with Gasteiger partial charge in [0.15, 0.2) is 6.04 Å². The van der Waals surface area contributed by atoms with Crippen molar-refractivity contribution in [3.8, 4) is 0 Å². The fraction of sp³-hybridized carbons (Fsp3) is 0.500. The second-order valence-corrected chi connectivity index (χ2v) is 5.41. The van der Waals surface area contributed by atoms with E-state index in [0.29, 0.717) is 5.92 Å². The average molecular weight is 266 g/mol. The first kappa shape index (κ1) is 11.6. The normalized spacial score (nSPS) is 25.6. The number of nitrogens with one attached hydrogen (secondary N) is 1. The third-order valence-corrected chi connectivity index (χ3v) is 3.76. The number of nitrogens with zero attached hydrogens (tertiary/aromatic N) is 3. The van der Waals surface area contributed by atoms with Crippen molar-refractivity contribution >= 4 is 23.8 Å². The van der Waals surface area contributed by atoms with Crippen LogP contribution >= 0.6 is 11.6 Å². The Morgan fingerprint density at radius 1 is 1.56 bits per heavy atom. The third-order valence-electron chi connectivity index (χ3n) is 3.57. The summed E-state index contributed by atoms with van der Waals surface area (Å²) in [4.78, 5) is 20.3. The van der Waals surface area contributed by atoms with E-state index in [1.165, 1.54) is 0 Å². The summed E-state index contributed by atoms with van der Waals surface area (Å²) in [5.41, 5.74) is 1.74. The SMILES string of the molecule is CC(C)[C@@H]1CC2c3nc(Cl)ncc3C=[N+]2C(=O)N1. The van der Waals surface area contributed by atoms with E-state index in [2.05, 4.69) is 29.1 Å². The third kappa shape index (κ3) is 1.70. The van der Waals surface area contributed by atoms with E-state index < -0.39 is 0 Å². The second-order valence-electron chi connectivity index (χ2n) is 5.07. The number of rotatable bonds is 1. The molecule has 1 aromatic rings.